The molecule has 1 saturated heterocycles. The van der Waals surface area contributed by atoms with Gasteiger partial charge in [0.2, 0.25) is 0 Å². The van der Waals surface area contributed by atoms with Crippen LogP contribution in [0.3, 0.4) is 0 Å². The van der Waals surface area contributed by atoms with E-state index >= 15 is 0 Å². The van der Waals surface area contributed by atoms with Crippen molar-refractivity contribution in [2.24, 2.45) is 0 Å². The number of halogens is 1. The molecule has 0 radical (unpaired) electrons. The Bertz CT molecular complexity index is 848. The number of methoxy groups -OCH3 is 1. The van der Waals surface area contributed by atoms with Crippen molar-refractivity contribution < 1.29 is 13.9 Å². The van der Waals surface area contributed by atoms with Gasteiger partial charge in [0.1, 0.15) is 0 Å². The molecule has 0 saturated carbocycles. The minimum atomic E-state index is -0.436. The van der Waals surface area contributed by atoms with Crippen LogP contribution < -0.4 is 15.0 Å². The first-order valence-electron chi connectivity index (χ1n) is 9.57. The second-order valence-electron chi connectivity index (χ2n) is 7.38. The van der Waals surface area contributed by atoms with Gasteiger partial charge in [-0.05, 0) is 56.3 Å². The van der Waals surface area contributed by atoms with Crippen LogP contribution in [0.1, 0.15) is 34.5 Å². The van der Waals surface area contributed by atoms with E-state index in [2.05, 4.69) is 28.2 Å². The lowest BCUT2D eigenvalue weighted by molar-refractivity contribution is 0.0939. The van der Waals surface area contributed by atoms with Crippen LogP contribution in [0, 0.1) is 12.7 Å². The number of likely N-dealkylation sites (N-methyl/N-ethyl adjacent to an activating group) is 1. The molecule has 1 aliphatic heterocycles. The molecule has 1 N–H and O–H groups in total. The van der Waals surface area contributed by atoms with Gasteiger partial charge in [0, 0.05) is 37.4 Å². The highest BCUT2D eigenvalue weighted by atomic mass is 19.1. The molecule has 0 spiro atoms. The summed E-state index contributed by atoms with van der Waals surface area (Å²) in [5.41, 5.74) is 3.33. The smallest absolute Gasteiger partial charge is 0.252 e. The van der Waals surface area contributed by atoms with Crippen molar-refractivity contribution in [3.63, 3.8) is 0 Å². The first-order valence-corrected chi connectivity index (χ1v) is 9.57. The largest absolute Gasteiger partial charge is 0.494 e. The van der Waals surface area contributed by atoms with Crippen molar-refractivity contribution in [1.29, 1.82) is 0 Å². The van der Waals surface area contributed by atoms with E-state index in [9.17, 15) is 9.18 Å². The number of ether oxygens (including phenoxy) is 1. The van der Waals surface area contributed by atoms with Gasteiger partial charge in [0.05, 0.1) is 13.2 Å². The SMILES string of the molecule is COc1ccc([C@@H](C)NC(=O)c2cc(N3CCN(C)CC3)ccc2C)cc1F. The summed E-state index contributed by atoms with van der Waals surface area (Å²) in [6.07, 6.45) is 0. The van der Waals surface area contributed by atoms with Crippen molar-refractivity contribution in [2.45, 2.75) is 19.9 Å². The zero-order valence-corrected chi connectivity index (χ0v) is 17.0. The van der Waals surface area contributed by atoms with Crippen molar-refractivity contribution >= 4 is 11.6 Å². The molecule has 1 amide bonds. The maximum atomic E-state index is 14.0. The molecule has 5 nitrogen and oxygen atoms in total. The number of benzene rings is 2. The Balaban J connectivity index is 1.74. The van der Waals surface area contributed by atoms with Crippen LogP contribution in [0.4, 0.5) is 10.1 Å². The standard InChI is InChI=1S/C22H28FN3O2/c1-15-5-7-18(26-11-9-25(3)10-12-26)14-19(15)22(27)24-16(2)17-6-8-21(28-4)20(23)13-17/h5-8,13-14,16H,9-12H2,1-4H3,(H,24,27)/t16-/m1/s1. The molecule has 0 aliphatic carbocycles. The van der Waals surface area contributed by atoms with Crippen LogP contribution in [-0.4, -0.2) is 51.1 Å². The van der Waals surface area contributed by atoms with Crippen LogP contribution >= 0.6 is 0 Å². The molecular weight excluding hydrogens is 357 g/mol. The number of carbonyl (C=O) groups excluding carboxylic acids is 1. The van der Waals surface area contributed by atoms with Gasteiger partial charge in [0.15, 0.2) is 11.6 Å². The lowest BCUT2D eigenvalue weighted by atomic mass is 10.0. The summed E-state index contributed by atoms with van der Waals surface area (Å²) in [6, 6.07) is 10.4. The van der Waals surface area contributed by atoms with Gasteiger partial charge in [-0.2, -0.15) is 0 Å². The third-order valence-electron chi connectivity index (χ3n) is 5.36. The maximum absolute atomic E-state index is 14.0. The van der Waals surface area contributed by atoms with Gasteiger partial charge < -0.3 is 19.9 Å². The summed E-state index contributed by atoms with van der Waals surface area (Å²) in [5, 5.41) is 2.98. The number of rotatable bonds is 5. The van der Waals surface area contributed by atoms with Gasteiger partial charge in [-0.25, -0.2) is 4.39 Å². The van der Waals surface area contributed by atoms with Crippen molar-refractivity contribution in [3.05, 3.63) is 58.9 Å². The summed E-state index contributed by atoms with van der Waals surface area (Å²) in [6.45, 7) is 7.69. The molecule has 0 unspecified atom stereocenters. The molecule has 1 atom stereocenters. The minimum Gasteiger partial charge on any atom is -0.494 e. The first kappa shape index (κ1) is 20.1. The molecule has 1 heterocycles. The molecule has 0 bridgehead atoms. The van der Waals surface area contributed by atoms with Crippen LogP contribution in [0.25, 0.3) is 0 Å². The Labute approximate surface area is 166 Å². The van der Waals surface area contributed by atoms with E-state index in [4.69, 9.17) is 4.74 Å². The van der Waals surface area contributed by atoms with E-state index in [1.54, 1.807) is 12.1 Å². The lowest BCUT2D eigenvalue weighted by Gasteiger charge is -2.34. The van der Waals surface area contributed by atoms with Crippen molar-refractivity contribution in [3.8, 4) is 5.75 Å². The van der Waals surface area contributed by atoms with Gasteiger partial charge in [-0.15, -0.1) is 0 Å². The fourth-order valence-corrected chi connectivity index (χ4v) is 3.43. The van der Waals surface area contributed by atoms with Crippen molar-refractivity contribution in [2.75, 3.05) is 45.2 Å². The third kappa shape index (κ3) is 4.44. The highest BCUT2D eigenvalue weighted by Gasteiger charge is 2.19. The summed E-state index contributed by atoms with van der Waals surface area (Å²) in [5.74, 6) is -0.399. The average Bonchev–Trinajstić information content (AvgIpc) is 2.68. The predicted molar refractivity (Wildman–Crippen MR) is 110 cm³/mol. The van der Waals surface area contributed by atoms with E-state index in [1.807, 2.05) is 26.0 Å². The Morgan fingerprint density at radius 2 is 1.86 bits per heavy atom. The van der Waals surface area contributed by atoms with Crippen LogP contribution in [0.15, 0.2) is 36.4 Å². The molecule has 28 heavy (non-hydrogen) atoms. The van der Waals surface area contributed by atoms with Crippen LogP contribution in [0.2, 0.25) is 0 Å². The van der Waals surface area contributed by atoms with E-state index in [0.29, 0.717) is 11.1 Å². The molecule has 2 aromatic rings. The molecule has 1 aliphatic rings. The van der Waals surface area contributed by atoms with E-state index in [0.717, 1.165) is 37.4 Å². The second kappa shape index (κ2) is 8.61. The number of hydrogen-bond acceptors (Lipinski definition) is 4. The molecule has 2 aromatic carbocycles. The number of anilines is 1. The summed E-state index contributed by atoms with van der Waals surface area (Å²) < 4.78 is 18.9. The maximum Gasteiger partial charge on any atom is 0.252 e. The number of nitrogens with one attached hydrogen (secondary N) is 1. The highest BCUT2D eigenvalue weighted by Crippen LogP contribution is 2.24. The number of hydrogen-bond donors (Lipinski definition) is 1. The number of aryl methyl sites for hydroxylation is 1. The summed E-state index contributed by atoms with van der Waals surface area (Å²) in [7, 11) is 3.55. The minimum absolute atomic E-state index is 0.155. The van der Waals surface area contributed by atoms with E-state index < -0.39 is 5.82 Å². The van der Waals surface area contributed by atoms with Gasteiger partial charge >= 0.3 is 0 Å². The Morgan fingerprint density at radius 1 is 1.14 bits per heavy atom. The Morgan fingerprint density at radius 3 is 2.50 bits per heavy atom. The number of nitrogens with zero attached hydrogens (tertiary/aromatic N) is 2. The molecule has 6 heteroatoms. The van der Waals surface area contributed by atoms with Crippen LogP contribution in [-0.2, 0) is 0 Å². The zero-order valence-electron chi connectivity index (χ0n) is 17.0. The fraction of sp³-hybridized carbons (Fsp3) is 0.409. The molecular formula is C22H28FN3O2. The average molecular weight is 385 g/mol. The topological polar surface area (TPSA) is 44.8 Å². The predicted octanol–water partition coefficient (Wildman–Crippen LogP) is 3.39. The van der Waals surface area contributed by atoms with E-state index in [1.165, 1.54) is 13.2 Å². The monoisotopic (exact) mass is 385 g/mol. The second-order valence-corrected chi connectivity index (χ2v) is 7.38. The van der Waals surface area contributed by atoms with Gasteiger partial charge in [0.25, 0.3) is 5.91 Å². The van der Waals surface area contributed by atoms with Gasteiger partial charge in [-0.3, -0.25) is 4.79 Å². The molecule has 1 fully saturated rings. The molecule has 3 rings (SSSR count). The zero-order chi connectivity index (χ0) is 20.3. The molecule has 0 aromatic heterocycles. The Hall–Kier alpha value is -2.60. The van der Waals surface area contributed by atoms with Crippen LogP contribution in [0.5, 0.6) is 5.75 Å². The number of carbonyl (C=O) groups is 1. The highest BCUT2D eigenvalue weighted by molar-refractivity contribution is 5.96. The van der Waals surface area contributed by atoms with Crippen molar-refractivity contribution in [1.82, 2.24) is 10.2 Å². The number of amides is 1. The summed E-state index contributed by atoms with van der Waals surface area (Å²) >= 11 is 0. The first-order chi connectivity index (χ1) is 13.4. The van der Waals surface area contributed by atoms with Gasteiger partial charge in [-0.1, -0.05) is 12.1 Å². The molecule has 150 valence electrons. The fourth-order valence-electron chi connectivity index (χ4n) is 3.43. The normalized spacial score (nSPS) is 16.0. The lowest BCUT2D eigenvalue weighted by Crippen LogP contribution is -2.44. The quantitative estimate of drug-likeness (QED) is 0.857. The van der Waals surface area contributed by atoms with E-state index in [-0.39, 0.29) is 17.7 Å². The summed E-state index contributed by atoms with van der Waals surface area (Å²) in [4.78, 5) is 17.5. The Kier molecular flexibility index (Phi) is 6.19. The third-order valence-corrected chi connectivity index (χ3v) is 5.36. The number of piperazine rings is 1.